The summed E-state index contributed by atoms with van der Waals surface area (Å²) in [7, 11) is 0. The van der Waals surface area contributed by atoms with Crippen LogP contribution in [0.2, 0.25) is 0 Å². The highest BCUT2D eigenvalue weighted by atomic mass is 32.1. The van der Waals surface area contributed by atoms with Gasteiger partial charge in [0, 0.05) is 12.6 Å². The van der Waals surface area contributed by atoms with Crippen LogP contribution in [0, 0.1) is 5.92 Å². The summed E-state index contributed by atoms with van der Waals surface area (Å²) in [5.74, 6) is 1.95. The summed E-state index contributed by atoms with van der Waals surface area (Å²) in [5.41, 5.74) is 0. The van der Waals surface area contributed by atoms with E-state index in [9.17, 15) is 0 Å². The molecule has 1 saturated heterocycles. The molecule has 0 saturated carbocycles. The lowest BCUT2D eigenvalue weighted by atomic mass is 10.1. The Hall–Kier alpha value is 0.310. The van der Waals surface area contributed by atoms with E-state index in [1.54, 1.807) is 0 Å². The van der Waals surface area contributed by atoms with E-state index in [-0.39, 0.29) is 0 Å². The molecule has 0 aliphatic carbocycles. The van der Waals surface area contributed by atoms with Gasteiger partial charge in [0.1, 0.15) is 0 Å². The minimum atomic E-state index is 0.819. The molecule has 1 nitrogen and oxygen atoms in total. The van der Waals surface area contributed by atoms with Crippen molar-refractivity contribution >= 4 is 12.6 Å². The maximum atomic E-state index is 4.22. The van der Waals surface area contributed by atoms with E-state index in [1.165, 1.54) is 32.4 Å². The van der Waals surface area contributed by atoms with Gasteiger partial charge in [-0.15, -0.1) is 0 Å². The van der Waals surface area contributed by atoms with Gasteiger partial charge in [0.15, 0.2) is 0 Å². The average Bonchev–Trinajstić information content (AvgIpc) is 2.31. The smallest absolute Gasteiger partial charge is 0.00700 e. The van der Waals surface area contributed by atoms with E-state index < -0.39 is 0 Å². The van der Waals surface area contributed by atoms with E-state index in [0.29, 0.717) is 0 Å². The molecule has 0 bridgehead atoms. The van der Waals surface area contributed by atoms with Crippen molar-refractivity contribution in [2.75, 3.05) is 18.8 Å². The van der Waals surface area contributed by atoms with Gasteiger partial charge in [-0.2, -0.15) is 12.6 Å². The summed E-state index contributed by atoms with van der Waals surface area (Å²) < 4.78 is 0. The third-order valence-electron chi connectivity index (χ3n) is 2.77. The molecule has 0 radical (unpaired) electrons. The molecule has 1 rings (SSSR count). The molecule has 1 aliphatic rings. The van der Waals surface area contributed by atoms with Crippen molar-refractivity contribution in [2.45, 2.75) is 39.2 Å². The van der Waals surface area contributed by atoms with Gasteiger partial charge in [-0.3, -0.25) is 0 Å². The fraction of sp³-hybridized carbons (Fsp3) is 1.00. The summed E-state index contributed by atoms with van der Waals surface area (Å²) >= 11 is 4.22. The number of hydrogen-bond acceptors (Lipinski definition) is 2. The van der Waals surface area contributed by atoms with Gasteiger partial charge in [-0.1, -0.05) is 6.92 Å². The first kappa shape index (κ1) is 10.4. The average molecular weight is 187 g/mol. The molecule has 0 aromatic heterocycles. The lowest BCUT2D eigenvalue weighted by molar-refractivity contribution is 0.261. The number of rotatable bonds is 4. The maximum Gasteiger partial charge on any atom is 0.00700 e. The molecule has 1 heterocycles. The Morgan fingerprint density at radius 1 is 1.33 bits per heavy atom. The van der Waals surface area contributed by atoms with E-state index in [2.05, 4.69) is 31.4 Å². The Balaban J connectivity index is 2.15. The van der Waals surface area contributed by atoms with Crippen molar-refractivity contribution in [1.29, 1.82) is 0 Å². The van der Waals surface area contributed by atoms with E-state index in [1.807, 2.05) is 0 Å². The van der Waals surface area contributed by atoms with Crippen molar-refractivity contribution in [3.05, 3.63) is 0 Å². The van der Waals surface area contributed by atoms with Crippen molar-refractivity contribution in [2.24, 2.45) is 5.92 Å². The van der Waals surface area contributed by atoms with Crippen LogP contribution < -0.4 is 0 Å². The van der Waals surface area contributed by atoms with Crippen LogP contribution in [0.3, 0.4) is 0 Å². The molecule has 0 aromatic rings. The standard InChI is InChI=1S/C10H21NS/c1-9-7-10(2)11(8-9)5-3-4-6-12/h9-10,12H,3-8H2,1-2H3. The van der Waals surface area contributed by atoms with Gasteiger partial charge in [-0.25, -0.2) is 0 Å². The Morgan fingerprint density at radius 3 is 2.58 bits per heavy atom. The van der Waals surface area contributed by atoms with E-state index >= 15 is 0 Å². The molecule has 1 fully saturated rings. The zero-order valence-corrected chi connectivity index (χ0v) is 9.19. The van der Waals surface area contributed by atoms with E-state index in [0.717, 1.165) is 17.7 Å². The molecule has 2 heteroatoms. The predicted molar refractivity (Wildman–Crippen MR) is 57.9 cm³/mol. The van der Waals surface area contributed by atoms with Crippen molar-refractivity contribution in [1.82, 2.24) is 4.90 Å². The van der Waals surface area contributed by atoms with Gasteiger partial charge >= 0.3 is 0 Å². The second-order valence-electron chi connectivity index (χ2n) is 4.12. The number of hydrogen-bond donors (Lipinski definition) is 1. The van der Waals surface area contributed by atoms with Crippen molar-refractivity contribution in [3.8, 4) is 0 Å². The lowest BCUT2D eigenvalue weighted by Gasteiger charge is -2.20. The summed E-state index contributed by atoms with van der Waals surface area (Å²) in [4.78, 5) is 2.62. The molecular formula is C10H21NS. The van der Waals surface area contributed by atoms with Crippen LogP contribution in [0.15, 0.2) is 0 Å². The zero-order valence-electron chi connectivity index (χ0n) is 8.29. The number of nitrogens with zero attached hydrogens (tertiary/aromatic N) is 1. The van der Waals surface area contributed by atoms with Gasteiger partial charge < -0.3 is 4.90 Å². The third-order valence-corrected chi connectivity index (χ3v) is 3.08. The van der Waals surface area contributed by atoms with Gasteiger partial charge in [0.25, 0.3) is 0 Å². The Bertz CT molecular complexity index is 127. The quantitative estimate of drug-likeness (QED) is 0.522. The normalized spacial score (nSPS) is 31.2. The summed E-state index contributed by atoms with van der Waals surface area (Å²) in [5, 5.41) is 0. The molecule has 2 atom stereocenters. The second kappa shape index (κ2) is 5.13. The van der Waals surface area contributed by atoms with Crippen LogP contribution in [0.1, 0.15) is 33.1 Å². The zero-order chi connectivity index (χ0) is 8.97. The Labute approximate surface area is 81.9 Å². The summed E-state index contributed by atoms with van der Waals surface area (Å²) in [6.45, 7) is 7.30. The van der Waals surface area contributed by atoms with Crippen LogP contribution in [-0.4, -0.2) is 29.8 Å². The molecule has 12 heavy (non-hydrogen) atoms. The number of thiol groups is 1. The molecule has 0 aromatic carbocycles. The van der Waals surface area contributed by atoms with Crippen LogP contribution in [0.5, 0.6) is 0 Å². The van der Waals surface area contributed by atoms with Crippen LogP contribution >= 0.6 is 12.6 Å². The molecule has 0 spiro atoms. The highest BCUT2D eigenvalue weighted by Crippen LogP contribution is 2.22. The van der Waals surface area contributed by atoms with Gasteiger partial charge in [0.05, 0.1) is 0 Å². The van der Waals surface area contributed by atoms with Crippen LogP contribution in [0.4, 0.5) is 0 Å². The fourth-order valence-corrected chi connectivity index (χ4v) is 2.35. The predicted octanol–water partition coefficient (Wildman–Crippen LogP) is 2.43. The highest BCUT2D eigenvalue weighted by Gasteiger charge is 2.24. The minimum absolute atomic E-state index is 0.819. The minimum Gasteiger partial charge on any atom is -0.300 e. The lowest BCUT2D eigenvalue weighted by Crippen LogP contribution is -2.28. The molecular weight excluding hydrogens is 166 g/mol. The Kier molecular flexibility index (Phi) is 4.44. The summed E-state index contributed by atoms with van der Waals surface area (Å²) in [6.07, 6.45) is 3.97. The third kappa shape index (κ3) is 2.98. The molecule has 0 amide bonds. The largest absolute Gasteiger partial charge is 0.300 e. The van der Waals surface area contributed by atoms with Gasteiger partial charge in [0.2, 0.25) is 0 Å². The molecule has 1 aliphatic heterocycles. The topological polar surface area (TPSA) is 3.24 Å². The van der Waals surface area contributed by atoms with Gasteiger partial charge in [-0.05, 0) is 44.4 Å². The van der Waals surface area contributed by atoms with Crippen molar-refractivity contribution in [3.63, 3.8) is 0 Å². The van der Waals surface area contributed by atoms with Crippen LogP contribution in [-0.2, 0) is 0 Å². The Morgan fingerprint density at radius 2 is 2.08 bits per heavy atom. The molecule has 0 N–H and O–H groups in total. The van der Waals surface area contributed by atoms with E-state index in [4.69, 9.17) is 0 Å². The number of likely N-dealkylation sites (tertiary alicyclic amines) is 1. The maximum absolute atomic E-state index is 4.22. The fourth-order valence-electron chi connectivity index (χ4n) is 2.12. The number of unbranched alkanes of at least 4 members (excludes halogenated alkanes) is 1. The van der Waals surface area contributed by atoms with Crippen molar-refractivity contribution < 1.29 is 0 Å². The molecule has 2 unspecified atom stereocenters. The van der Waals surface area contributed by atoms with Crippen LogP contribution in [0.25, 0.3) is 0 Å². The highest BCUT2D eigenvalue weighted by molar-refractivity contribution is 7.80. The first-order valence-corrected chi connectivity index (χ1v) is 5.72. The summed E-state index contributed by atoms with van der Waals surface area (Å²) in [6, 6.07) is 0.819. The SMILES string of the molecule is CC1CC(C)N(CCCCS)C1. The molecule has 72 valence electrons. The first-order chi connectivity index (χ1) is 5.74. The monoisotopic (exact) mass is 187 g/mol. The second-order valence-corrected chi connectivity index (χ2v) is 4.56. The first-order valence-electron chi connectivity index (χ1n) is 5.09.